The van der Waals surface area contributed by atoms with Gasteiger partial charge in [-0.25, -0.2) is 9.37 Å². The SMILES string of the molecule is CC(F)O[C@H]1CC[C@H](Nc2ncc(C(N)=O)c(N[C@@H]3CCC[C@](C)(O)C3)n2)CC1. The van der Waals surface area contributed by atoms with Crippen LogP contribution in [0.15, 0.2) is 6.20 Å². The molecule has 2 aliphatic rings. The molecule has 0 radical (unpaired) electrons. The highest BCUT2D eigenvalue weighted by molar-refractivity contribution is 5.97. The fraction of sp³-hybridized carbons (Fsp3) is 0.750. The molecule has 1 aromatic rings. The van der Waals surface area contributed by atoms with Crippen LogP contribution >= 0.6 is 0 Å². The van der Waals surface area contributed by atoms with Gasteiger partial charge in [0.25, 0.3) is 5.91 Å². The fourth-order valence-corrected chi connectivity index (χ4v) is 4.31. The number of nitrogens with zero attached hydrogens (tertiary/aromatic N) is 2. The predicted molar refractivity (Wildman–Crippen MR) is 108 cm³/mol. The van der Waals surface area contributed by atoms with Crippen LogP contribution in [0.2, 0.25) is 0 Å². The molecular formula is C20H32FN5O3. The molecule has 2 aliphatic carbocycles. The number of aliphatic hydroxyl groups is 1. The highest BCUT2D eigenvalue weighted by Crippen LogP contribution is 2.30. The number of carbonyl (C=O) groups is 1. The number of halogens is 1. The average molecular weight is 410 g/mol. The standard InChI is InChI=1S/C20H32FN5O3/c1-12(21)29-15-7-5-13(6-8-15)25-19-23-11-16(17(22)27)18(26-19)24-14-4-3-9-20(2,28)10-14/h11-15,28H,3-10H2,1-2H3,(H2,22,27)(H2,23,24,25,26)/t12?,13-,14-,15-,20+/m1/s1. The molecule has 2 saturated carbocycles. The number of aromatic nitrogens is 2. The Morgan fingerprint density at radius 2 is 2.03 bits per heavy atom. The van der Waals surface area contributed by atoms with Crippen molar-refractivity contribution >= 4 is 17.7 Å². The number of carbonyl (C=O) groups excluding carboxylic acids is 1. The molecule has 3 rings (SSSR count). The Bertz CT molecular complexity index is 707. The third-order valence-electron chi connectivity index (χ3n) is 5.74. The second-order valence-electron chi connectivity index (χ2n) is 8.55. The van der Waals surface area contributed by atoms with Gasteiger partial charge >= 0.3 is 0 Å². The number of rotatable bonds is 7. The lowest BCUT2D eigenvalue weighted by Crippen LogP contribution is -2.38. The second-order valence-corrected chi connectivity index (χ2v) is 8.55. The Labute approximate surface area is 170 Å². The first-order chi connectivity index (χ1) is 13.7. The van der Waals surface area contributed by atoms with Crippen LogP contribution in [0.1, 0.15) is 75.6 Å². The van der Waals surface area contributed by atoms with Gasteiger partial charge in [0.1, 0.15) is 5.82 Å². The van der Waals surface area contributed by atoms with Crippen molar-refractivity contribution in [3.8, 4) is 0 Å². The minimum absolute atomic E-state index is 0.00915. The summed E-state index contributed by atoms with van der Waals surface area (Å²) in [5.41, 5.74) is 4.99. The smallest absolute Gasteiger partial charge is 0.254 e. The third kappa shape index (κ3) is 6.24. The van der Waals surface area contributed by atoms with Crippen molar-refractivity contribution in [2.24, 2.45) is 5.73 Å². The molecule has 3 atom stereocenters. The van der Waals surface area contributed by atoms with Gasteiger partial charge in [0.2, 0.25) is 5.95 Å². The van der Waals surface area contributed by atoms with Crippen LogP contribution in [-0.4, -0.2) is 51.1 Å². The molecule has 1 amide bonds. The van der Waals surface area contributed by atoms with E-state index in [-0.39, 0.29) is 23.8 Å². The molecule has 0 bridgehead atoms. The maximum absolute atomic E-state index is 13.0. The lowest BCUT2D eigenvalue weighted by Gasteiger charge is -2.34. The molecular weight excluding hydrogens is 377 g/mol. The van der Waals surface area contributed by atoms with Gasteiger partial charge in [-0.05, 0) is 65.2 Å². The Hall–Kier alpha value is -2.00. The molecule has 5 N–H and O–H groups in total. The molecule has 0 aromatic carbocycles. The monoisotopic (exact) mass is 409 g/mol. The summed E-state index contributed by atoms with van der Waals surface area (Å²) in [5.74, 6) is 0.212. The minimum Gasteiger partial charge on any atom is -0.390 e. The van der Waals surface area contributed by atoms with Gasteiger partial charge in [-0.2, -0.15) is 4.98 Å². The van der Waals surface area contributed by atoms with Crippen LogP contribution in [0.3, 0.4) is 0 Å². The zero-order valence-corrected chi connectivity index (χ0v) is 17.2. The third-order valence-corrected chi connectivity index (χ3v) is 5.74. The molecule has 1 heterocycles. The van der Waals surface area contributed by atoms with Crippen molar-refractivity contribution in [1.29, 1.82) is 0 Å². The summed E-state index contributed by atoms with van der Waals surface area (Å²) in [7, 11) is 0. The zero-order chi connectivity index (χ0) is 21.0. The van der Waals surface area contributed by atoms with E-state index in [2.05, 4.69) is 20.6 Å². The number of hydrogen-bond donors (Lipinski definition) is 4. The van der Waals surface area contributed by atoms with Gasteiger partial charge in [0.05, 0.1) is 17.3 Å². The first-order valence-corrected chi connectivity index (χ1v) is 10.4. The number of ether oxygens (including phenoxy) is 1. The number of hydrogen-bond acceptors (Lipinski definition) is 7. The summed E-state index contributed by atoms with van der Waals surface area (Å²) in [6.45, 7) is 3.23. The van der Waals surface area contributed by atoms with E-state index in [1.807, 2.05) is 6.92 Å². The topological polar surface area (TPSA) is 122 Å². The quantitative estimate of drug-likeness (QED) is 0.546. The van der Waals surface area contributed by atoms with E-state index < -0.39 is 17.9 Å². The molecule has 0 saturated heterocycles. The first-order valence-electron chi connectivity index (χ1n) is 10.4. The summed E-state index contributed by atoms with van der Waals surface area (Å²) >= 11 is 0. The number of anilines is 2. The zero-order valence-electron chi connectivity index (χ0n) is 17.2. The summed E-state index contributed by atoms with van der Waals surface area (Å²) in [6, 6.07) is 0.169. The van der Waals surface area contributed by atoms with E-state index >= 15 is 0 Å². The average Bonchev–Trinajstić information content (AvgIpc) is 2.62. The molecule has 1 aromatic heterocycles. The minimum atomic E-state index is -1.25. The van der Waals surface area contributed by atoms with E-state index in [4.69, 9.17) is 10.5 Å². The molecule has 29 heavy (non-hydrogen) atoms. The van der Waals surface area contributed by atoms with Crippen molar-refractivity contribution in [2.45, 2.75) is 95.4 Å². The normalized spacial score (nSPS) is 31.1. The van der Waals surface area contributed by atoms with Gasteiger partial charge < -0.3 is 26.2 Å². The molecule has 0 aliphatic heterocycles. The maximum atomic E-state index is 13.0. The van der Waals surface area contributed by atoms with Crippen molar-refractivity contribution < 1.29 is 19.0 Å². The predicted octanol–water partition coefficient (Wildman–Crippen LogP) is 2.74. The summed E-state index contributed by atoms with van der Waals surface area (Å²) in [5, 5.41) is 16.9. The lowest BCUT2D eigenvalue weighted by atomic mass is 9.83. The van der Waals surface area contributed by atoms with Crippen LogP contribution in [0, 0.1) is 0 Å². The highest BCUT2D eigenvalue weighted by Gasteiger charge is 2.31. The number of amides is 1. The summed E-state index contributed by atoms with van der Waals surface area (Å²) < 4.78 is 18.2. The van der Waals surface area contributed by atoms with Gasteiger partial charge in [0.15, 0.2) is 6.36 Å². The van der Waals surface area contributed by atoms with Gasteiger partial charge in [-0.15, -0.1) is 0 Å². The number of primary amides is 1. The summed E-state index contributed by atoms with van der Waals surface area (Å²) in [4.78, 5) is 20.5. The molecule has 0 spiro atoms. The Balaban J connectivity index is 1.65. The van der Waals surface area contributed by atoms with Crippen LogP contribution in [-0.2, 0) is 4.74 Å². The Kier molecular flexibility index (Phi) is 6.89. The fourth-order valence-electron chi connectivity index (χ4n) is 4.31. The highest BCUT2D eigenvalue weighted by atomic mass is 19.1. The van der Waals surface area contributed by atoms with E-state index in [1.54, 1.807) is 0 Å². The molecule has 1 unspecified atom stereocenters. The maximum Gasteiger partial charge on any atom is 0.254 e. The number of nitrogens with two attached hydrogens (primary N) is 1. The van der Waals surface area contributed by atoms with Crippen molar-refractivity contribution in [2.75, 3.05) is 10.6 Å². The van der Waals surface area contributed by atoms with Gasteiger partial charge in [-0.1, -0.05) is 0 Å². The largest absolute Gasteiger partial charge is 0.390 e. The number of alkyl halides is 1. The molecule has 162 valence electrons. The first kappa shape index (κ1) is 21.7. The van der Waals surface area contributed by atoms with E-state index in [0.29, 0.717) is 18.2 Å². The van der Waals surface area contributed by atoms with Crippen molar-refractivity contribution in [3.63, 3.8) is 0 Å². The van der Waals surface area contributed by atoms with Crippen LogP contribution in [0.25, 0.3) is 0 Å². The summed E-state index contributed by atoms with van der Waals surface area (Å²) in [6.07, 6.45) is 6.45. The van der Waals surface area contributed by atoms with Crippen LogP contribution in [0.5, 0.6) is 0 Å². The molecule has 9 heteroatoms. The second kappa shape index (κ2) is 9.21. The van der Waals surface area contributed by atoms with Gasteiger partial charge in [0, 0.05) is 18.3 Å². The molecule has 2 fully saturated rings. The lowest BCUT2D eigenvalue weighted by molar-refractivity contribution is -0.0862. The van der Waals surface area contributed by atoms with Crippen molar-refractivity contribution in [3.05, 3.63) is 11.8 Å². The van der Waals surface area contributed by atoms with E-state index in [1.165, 1.54) is 13.1 Å². The van der Waals surface area contributed by atoms with E-state index in [0.717, 1.165) is 44.9 Å². The van der Waals surface area contributed by atoms with Crippen LogP contribution < -0.4 is 16.4 Å². The Morgan fingerprint density at radius 3 is 2.66 bits per heavy atom. The van der Waals surface area contributed by atoms with Crippen molar-refractivity contribution in [1.82, 2.24) is 9.97 Å². The van der Waals surface area contributed by atoms with Crippen LogP contribution in [0.4, 0.5) is 16.2 Å². The van der Waals surface area contributed by atoms with E-state index in [9.17, 15) is 14.3 Å². The number of nitrogens with one attached hydrogen (secondary N) is 2. The molecule has 8 nitrogen and oxygen atoms in total. The van der Waals surface area contributed by atoms with Gasteiger partial charge in [-0.3, -0.25) is 4.79 Å². The Morgan fingerprint density at radius 1 is 1.31 bits per heavy atom.